The summed E-state index contributed by atoms with van der Waals surface area (Å²) in [4.78, 5) is 4.54. The van der Waals surface area contributed by atoms with Crippen molar-refractivity contribution in [3.8, 4) is 23.6 Å². The number of aromatic nitrogens is 2. The highest BCUT2D eigenvalue weighted by Crippen LogP contribution is 2.35. The minimum atomic E-state index is -0.205. The van der Waals surface area contributed by atoms with E-state index < -0.39 is 0 Å². The molecule has 0 spiro atoms. The van der Waals surface area contributed by atoms with Crippen molar-refractivity contribution in [3.63, 3.8) is 0 Å². The van der Waals surface area contributed by atoms with Crippen LogP contribution in [0.1, 0.15) is 18.7 Å². The van der Waals surface area contributed by atoms with Gasteiger partial charge in [0.2, 0.25) is 0 Å². The van der Waals surface area contributed by atoms with Crippen molar-refractivity contribution in [2.24, 2.45) is 5.92 Å². The van der Waals surface area contributed by atoms with Gasteiger partial charge in [-0.15, -0.1) is 0 Å². The van der Waals surface area contributed by atoms with E-state index in [1.165, 1.54) is 0 Å². The molecule has 0 saturated carbocycles. The quantitative estimate of drug-likeness (QED) is 0.865. The molecular weight excluding hydrogens is 280 g/mol. The Kier molecular flexibility index (Phi) is 3.84. The van der Waals surface area contributed by atoms with Gasteiger partial charge in [0, 0.05) is 25.1 Å². The molecule has 0 saturated heterocycles. The van der Waals surface area contributed by atoms with Gasteiger partial charge < -0.3 is 14.0 Å². The topological polar surface area (TPSA) is 83.9 Å². The van der Waals surface area contributed by atoms with Gasteiger partial charge in [0.05, 0.1) is 29.1 Å². The number of rotatable bonds is 4. The maximum Gasteiger partial charge on any atom is 0.163 e. The third-order valence-electron chi connectivity index (χ3n) is 3.79. The molecule has 1 aliphatic rings. The predicted octanol–water partition coefficient (Wildman–Crippen LogP) is 2.56. The Balaban J connectivity index is 1.97. The van der Waals surface area contributed by atoms with Crippen LogP contribution in [-0.2, 0) is 6.54 Å². The molecule has 1 atom stereocenters. The number of hydrogen-bond acceptors (Lipinski definition) is 5. The van der Waals surface area contributed by atoms with Gasteiger partial charge in [0.25, 0.3) is 0 Å². The van der Waals surface area contributed by atoms with Gasteiger partial charge in [-0.05, 0) is 13.3 Å². The molecule has 2 heterocycles. The highest BCUT2D eigenvalue weighted by Gasteiger charge is 2.18. The molecule has 0 N–H and O–H groups in total. The van der Waals surface area contributed by atoms with Gasteiger partial charge in [-0.2, -0.15) is 10.5 Å². The molecule has 0 aliphatic carbocycles. The zero-order chi connectivity index (χ0) is 15.5. The Morgan fingerprint density at radius 2 is 2.00 bits per heavy atom. The second-order valence-corrected chi connectivity index (χ2v) is 5.28. The third kappa shape index (κ3) is 2.56. The summed E-state index contributed by atoms with van der Waals surface area (Å²) >= 11 is 0. The molecule has 22 heavy (non-hydrogen) atoms. The average Bonchev–Trinajstić information content (AvgIpc) is 2.83. The highest BCUT2D eigenvalue weighted by atomic mass is 16.6. The van der Waals surface area contributed by atoms with Gasteiger partial charge in [-0.25, -0.2) is 4.98 Å². The summed E-state index contributed by atoms with van der Waals surface area (Å²) in [6.45, 7) is 3.52. The Hall–Kier alpha value is -2.73. The van der Waals surface area contributed by atoms with E-state index >= 15 is 0 Å². The molecule has 0 amide bonds. The van der Waals surface area contributed by atoms with Crippen molar-refractivity contribution in [1.82, 2.24) is 9.55 Å². The lowest BCUT2D eigenvalue weighted by Gasteiger charge is -2.18. The fourth-order valence-corrected chi connectivity index (χ4v) is 2.67. The van der Waals surface area contributed by atoms with Crippen LogP contribution in [0.3, 0.4) is 0 Å². The number of benzene rings is 1. The van der Waals surface area contributed by atoms with Crippen LogP contribution in [0.2, 0.25) is 0 Å². The molecule has 1 unspecified atom stereocenters. The summed E-state index contributed by atoms with van der Waals surface area (Å²) in [6, 6.07) is 8.16. The molecule has 112 valence electrons. The second kappa shape index (κ2) is 5.95. The van der Waals surface area contributed by atoms with Crippen LogP contribution in [0.5, 0.6) is 11.5 Å². The lowest BCUT2D eigenvalue weighted by Crippen LogP contribution is -2.15. The molecule has 1 aromatic heterocycles. The fourth-order valence-electron chi connectivity index (χ4n) is 2.67. The molecule has 0 bridgehead atoms. The zero-order valence-corrected chi connectivity index (χ0v) is 12.4. The first-order valence-corrected chi connectivity index (χ1v) is 7.26. The first-order valence-electron chi connectivity index (χ1n) is 7.26. The van der Waals surface area contributed by atoms with E-state index in [0.29, 0.717) is 44.1 Å². The van der Waals surface area contributed by atoms with Crippen LogP contribution < -0.4 is 9.47 Å². The normalized spacial score (nSPS) is 14.3. The third-order valence-corrected chi connectivity index (χ3v) is 3.79. The number of nitriles is 2. The molecule has 6 nitrogen and oxygen atoms in total. The first kappa shape index (κ1) is 14.2. The number of nitrogens with zero attached hydrogens (tertiary/aromatic N) is 4. The highest BCUT2D eigenvalue weighted by molar-refractivity contribution is 5.80. The number of aryl methyl sites for hydroxylation is 1. The van der Waals surface area contributed by atoms with Crippen molar-refractivity contribution < 1.29 is 9.47 Å². The van der Waals surface area contributed by atoms with E-state index in [2.05, 4.69) is 17.1 Å². The van der Waals surface area contributed by atoms with Crippen LogP contribution in [-0.4, -0.2) is 22.8 Å². The second-order valence-electron chi connectivity index (χ2n) is 5.28. The first-order chi connectivity index (χ1) is 10.7. The molecule has 3 rings (SSSR count). The lowest BCUT2D eigenvalue weighted by atomic mass is 10.1. The Bertz CT molecular complexity index is 782. The van der Waals surface area contributed by atoms with E-state index in [9.17, 15) is 5.26 Å². The fraction of sp³-hybridized carbons (Fsp3) is 0.438. The average molecular weight is 296 g/mol. The summed E-state index contributed by atoms with van der Waals surface area (Å²) in [5.74, 6) is 2.06. The van der Waals surface area contributed by atoms with Crippen LogP contribution in [0.4, 0.5) is 0 Å². The molecule has 1 aromatic carbocycles. The molecule has 0 fully saturated rings. The van der Waals surface area contributed by atoms with Crippen LogP contribution >= 0.6 is 0 Å². The summed E-state index contributed by atoms with van der Waals surface area (Å²) in [5.41, 5.74) is 1.76. The standard InChI is InChI=1S/C16H16N4O2/c1-11-19-13-7-15-16(22-6-5-21-15)8-14(13)20(11)10-12(9-18)3-2-4-17/h7-8,12H,2-3,5-6,10H2,1H3. The lowest BCUT2D eigenvalue weighted by molar-refractivity contribution is 0.172. The number of ether oxygens (including phenoxy) is 2. The van der Waals surface area contributed by atoms with Crippen molar-refractivity contribution in [1.29, 1.82) is 10.5 Å². The number of fused-ring (bicyclic) bond motifs is 2. The van der Waals surface area contributed by atoms with Crippen molar-refractivity contribution in [3.05, 3.63) is 18.0 Å². The zero-order valence-electron chi connectivity index (χ0n) is 12.4. The Morgan fingerprint density at radius 3 is 2.68 bits per heavy atom. The van der Waals surface area contributed by atoms with Crippen molar-refractivity contribution in [2.75, 3.05) is 13.2 Å². The van der Waals surface area contributed by atoms with E-state index in [1.807, 2.05) is 23.6 Å². The van der Waals surface area contributed by atoms with Crippen molar-refractivity contribution >= 4 is 11.0 Å². The minimum absolute atomic E-state index is 0.205. The van der Waals surface area contributed by atoms with Gasteiger partial charge in [-0.3, -0.25) is 0 Å². The minimum Gasteiger partial charge on any atom is -0.486 e. The van der Waals surface area contributed by atoms with Crippen LogP contribution in [0, 0.1) is 35.5 Å². The summed E-state index contributed by atoms with van der Waals surface area (Å²) in [5, 5.41) is 18.0. The largest absolute Gasteiger partial charge is 0.486 e. The van der Waals surface area contributed by atoms with E-state index in [-0.39, 0.29) is 5.92 Å². The van der Waals surface area contributed by atoms with Crippen LogP contribution in [0.15, 0.2) is 12.1 Å². The molecule has 1 aliphatic heterocycles. The summed E-state index contributed by atoms with van der Waals surface area (Å²) in [6.07, 6.45) is 0.951. The maximum absolute atomic E-state index is 9.27. The number of imidazole rings is 1. The monoisotopic (exact) mass is 296 g/mol. The number of hydrogen-bond donors (Lipinski definition) is 0. The molecular formula is C16H16N4O2. The summed E-state index contributed by atoms with van der Waals surface area (Å²) in [7, 11) is 0. The maximum atomic E-state index is 9.27. The van der Waals surface area contributed by atoms with Gasteiger partial charge in [0.15, 0.2) is 11.5 Å². The Labute approximate surface area is 128 Å². The smallest absolute Gasteiger partial charge is 0.163 e. The van der Waals surface area contributed by atoms with E-state index in [4.69, 9.17) is 14.7 Å². The van der Waals surface area contributed by atoms with Crippen molar-refractivity contribution in [2.45, 2.75) is 26.3 Å². The predicted molar refractivity (Wildman–Crippen MR) is 79.4 cm³/mol. The van der Waals surface area contributed by atoms with E-state index in [0.717, 1.165) is 16.9 Å². The van der Waals surface area contributed by atoms with Crippen LogP contribution in [0.25, 0.3) is 11.0 Å². The van der Waals surface area contributed by atoms with E-state index in [1.54, 1.807) is 0 Å². The molecule has 0 radical (unpaired) electrons. The van der Waals surface area contributed by atoms with Gasteiger partial charge in [0.1, 0.15) is 19.0 Å². The SMILES string of the molecule is Cc1nc2cc3c(cc2n1CC(C#N)CCC#N)OCCO3. The van der Waals surface area contributed by atoms with Gasteiger partial charge >= 0.3 is 0 Å². The molecule has 6 heteroatoms. The van der Waals surface area contributed by atoms with Gasteiger partial charge in [-0.1, -0.05) is 0 Å². The summed E-state index contributed by atoms with van der Waals surface area (Å²) < 4.78 is 13.2. The molecule has 2 aromatic rings. The Morgan fingerprint density at radius 1 is 1.27 bits per heavy atom.